The number of hydrogen-bond donors (Lipinski definition) is 2. The van der Waals surface area contributed by atoms with Gasteiger partial charge in [-0.3, -0.25) is 0 Å². The van der Waals surface area contributed by atoms with Crippen molar-refractivity contribution < 1.29 is 10.2 Å². The molecule has 3 heteroatoms. The Labute approximate surface area is 105 Å². The second kappa shape index (κ2) is 4.87. The van der Waals surface area contributed by atoms with E-state index >= 15 is 0 Å². The van der Waals surface area contributed by atoms with Gasteiger partial charge in [0.1, 0.15) is 0 Å². The number of nitrogens with zero attached hydrogens (tertiary/aromatic N) is 1. The molecule has 1 saturated heterocycles. The molecule has 3 nitrogen and oxygen atoms in total. The van der Waals surface area contributed by atoms with E-state index < -0.39 is 0 Å². The Kier molecular flexibility index (Phi) is 3.81. The summed E-state index contributed by atoms with van der Waals surface area (Å²) in [6.07, 6.45) is 2.86. The highest BCUT2D eigenvalue weighted by molar-refractivity contribution is 4.93. The van der Waals surface area contributed by atoms with Crippen molar-refractivity contribution in [1.29, 1.82) is 0 Å². The van der Waals surface area contributed by atoms with Crippen molar-refractivity contribution in [2.45, 2.75) is 52.2 Å². The fourth-order valence-electron chi connectivity index (χ4n) is 3.41. The molecule has 4 atom stereocenters. The monoisotopic (exact) mass is 241 g/mol. The van der Waals surface area contributed by atoms with Gasteiger partial charge in [-0.25, -0.2) is 0 Å². The maximum Gasteiger partial charge on any atom is 0.0631 e. The number of hydrogen-bond acceptors (Lipinski definition) is 3. The standard InChI is InChI=1S/C14H27NO2/c1-10-8-15(7-5-12(10)16)9-11-4-6-14(2,3)13(11)17/h10-13,16-17H,4-9H2,1-3H3. The molecule has 1 heterocycles. The highest BCUT2D eigenvalue weighted by Gasteiger charge is 2.41. The third kappa shape index (κ3) is 2.83. The SMILES string of the molecule is CC1CN(CC2CCC(C)(C)C2O)CCC1O. The minimum absolute atomic E-state index is 0.0889. The minimum atomic E-state index is -0.162. The Balaban J connectivity index is 1.86. The molecule has 2 aliphatic rings. The summed E-state index contributed by atoms with van der Waals surface area (Å²) in [6.45, 7) is 9.41. The van der Waals surface area contributed by atoms with Crippen LogP contribution >= 0.6 is 0 Å². The molecule has 0 aromatic carbocycles. The molecule has 2 rings (SSSR count). The maximum atomic E-state index is 10.3. The van der Waals surface area contributed by atoms with Gasteiger partial charge >= 0.3 is 0 Å². The van der Waals surface area contributed by atoms with Gasteiger partial charge < -0.3 is 15.1 Å². The predicted molar refractivity (Wildman–Crippen MR) is 68.7 cm³/mol. The van der Waals surface area contributed by atoms with Crippen molar-refractivity contribution in [2.24, 2.45) is 17.3 Å². The maximum absolute atomic E-state index is 10.3. The lowest BCUT2D eigenvalue weighted by Gasteiger charge is -2.37. The number of piperidine rings is 1. The number of likely N-dealkylation sites (tertiary alicyclic amines) is 1. The van der Waals surface area contributed by atoms with Crippen molar-refractivity contribution in [3.05, 3.63) is 0 Å². The van der Waals surface area contributed by atoms with E-state index in [0.717, 1.165) is 38.9 Å². The van der Waals surface area contributed by atoms with E-state index in [-0.39, 0.29) is 17.6 Å². The third-order valence-corrected chi connectivity index (χ3v) is 4.84. The van der Waals surface area contributed by atoms with Gasteiger partial charge in [-0.15, -0.1) is 0 Å². The van der Waals surface area contributed by atoms with Crippen molar-refractivity contribution in [1.82, 2.24) is 4.90 Å². The average molecular weight is 241 g/mol. The Hall–Kier alpha value is -0.120. The molecular formula is C14H27NO2. The minimum Gasteiger partial charge on any atom is -0.393 e. The Morgan fingerprint density at radius 2 is 1.94 bits per heavy atom. The van der Waals surface area contributed by atoms with E-state index in [9.17, 15) is 10.2 Å². The molecule has 0 amide bonds. The van der Waals surface area contributed by atoms with Gasteiger partial charge in [-0.1, -0.05) is 20.8 Å². The van der Waals surface area contributed by atoms with Crippen LogP contribution in [0, 0.1) is 17.3 Å². The molecule has 1 saturated carbocycles. The van der Waals surface area contributed by atoms with Crippen LogP contribution < -0.4 is 0 Å². The van der Waals surface area contributed by atoms with E-state index in [4.69, 9.17) is 0 Å². The molecule has 0 aromatic rings. The normalized spacial score (nSPS) is 42.9. The largest absolute Gasteiger partial charge is 0.393 e. The summed E-state index contributed by atoms with van der Waals surface area (Å²) >= 11 is 0. The van der Waals surface area contributed by atoms with Crippen LogP contribution in [0.2, 0.25) is 0 Å². The summed E-state index contributed by atoms with van der Waals surface area (Å²) in [5.74, 6) is 0.794. The molecule has 2 N–H and O–H groups in total. The van der Waals surface area contributed by atoms with Crippen LogP contribution in [-0.4, -0.2) is 47.0 Å². The summed E-state index contributed by atoms with van der Waals surface area (Å²) < 4.78 is 0. The highest BCUT2D eigenvalue weighted by Crippen LogP contribution is 2.41. The van der Waals surface area contributed by atoms with E-state index in [0.29, 0.717) is 11.8 Å². The Morgan fingerprint density at radius 1 is 1.24 bits per heavy atom. The summed E-state index contributed by atoms with van der Waals surface area (Å²) in [5, 5.41) is 20.0. The van der Waals surface area contributed by atoms with E-state index in [1.54, 1.807) is 0 Å². The molecule has 0 aromatic heterocycles. The molecule has 2 fully saturated rings. The van der Waals surface area contributed by atoms with Crippen LogP contribution in [0.3, 0.4) is 0 Å². The molecule has 1 aliphatic carbocycles. The van der Waals surface area contributed by atoms with Gasteiger partial charge in [0, 0.05) is 19.6 Å². The van der Waals surface area contributed by atoms with Crippen LogP contribution in [0.25, 0.3) is 0 Å². The fourth-order valence-corrected chi connectivity index (χ4v) is 3.41. The first kappa shape index (κ1) is 13.3. The summed E-state index contributed by atoms with van der Waals surface area (Å²) in [4.78, 5) is 2.42. The van der Waals surface area contributed by atoms with Crippen LogP contribution in [0.15, 0.2) is 0 Å². The summed E-state index contributed by atoms with van der Waals surface area (Å²) in [5.41, 5.74) is 0.0889. The van der Waals surface area contributed by atoms with E-state index in [1.807, 2.05) is 0 Å². The van der Waals surface area contributed by atoms with Gasteiger partial charge in [0.15, 0.2) is 0 Å². The quantitative estimate of drug-likeness (QED) is 0.770. The first-order valence-electron chi connectivity index (χ1n) is 6.98. The molecular weight excluding hydrogens is 214 g/mol. The number of aliphatic hydroxyl groups is 2. The molecule has 100 valence electrons. The molecule has 0 radical (unpaired) electrons. The Morgan fingerprint density at radius 3 is 2.47 bits per heavy atom. The van der Waals surface area contributed by atoms with Gasteiger partial charge in [-0.2, -0.15) is 0 Å². The van der Waals surface area contributed by atoms with Crippen LogP contribution in [0.5, 0.6) is 0 Å². The van der Waals surface area contributed by atoms with E-state index in [2.05, 4.69) is 25.7 Å². The van der Waals surface area contributed by atoms with Crippen molar-refractivity contribution in [3.63, 3.8) is 0 Å². The second-order valence-corrected chi connectivity index (χ2v) is 6.83. The van der Waals surface area contributed by atoms with Crippen LogP contribution in [-0.2, 0) is 0 Å². The van der Waals surface area contributed by atoms with E-state index in [1.165, 1.54) is 0 Å². The lowest BCUT2D eigenvalue weighted by atomic mass is 9.87. The van der Waals surface area contributed by atoms with Gasteiger partial charge in [-0.05, 0) is 36.5 Å². The number of rotatable bonds is 2. The van der Waals surface area contributed by atoms with Gasteiger partial charge in [0.25, 0.3) is 0 Å². The molecule has 0 bridgehead atoms. The Bertz CT molecular complexity index is 267. The fraction of sp³-hybridized carbons (Fsp3) is 1.00. The lowest BCUT2D eigenvalue weighted by molar-refractivity contribution is 0.00223. The van der Waals surface area contributed by atoms with Crippen molar-refractivity contribution >= 4 is 0 Å². The third-order valence-electron chi connectivity index (χ3n) is 4.84. The predicted octanol–water partition coefficient (Wildman–Crippen LogP) is 1.49. The summed E-state index contributed by atoms with van der Waals surface area (Å²) in [7, 11) is 0. The lowest BCUT2D eigenvalue weighted by Crippen LogP contribution is -2.45. The first-order valence-corrected chi connectivity index (χ1v) is 6.98. The zero-order valence-corrected chi connectivity index (χ0v) is 11.4. The zero-order valence-electron chi connectivity index (χ0n) is 11.4. The first-order chi connectivity index (χ1) is 7.90. The second-order valence-electron chi connectivity index (χ2n) is 6.83. The van der Waals surface area contributed by atoms with Gasteiger partial charge in [0.05, 0.1) is 12.2 Å². The van der Waals surface area contributed by atoms with Crippen LogP contribution in [0.4, 0.5) is 0 Å². The zero-order chi connectivity index (χ0) is 12.6. The topological polar surface area (TPSA) is 43.7 Å². The molecule has 0 spiro atoms. The number of aliphatic hydroxyl groups excluding tert-OH is 2. The van der Waals surface area contributed by atoms with Crippen molar-refractivity contribution in [3.8, 4) is 0 Å². The molecule has 4 unspecified atom stereocenters. The van der Waals surface area contributed by atoms with Gasteiger partial charge in [0.2, 0.25) is 0 Å². The van der Waals surface area contributed by atoms with Crippen molar-refractivity contribution in [2.75, 3.05) is 19.6 Å². The highest BCUT2D eigenvalue weighted by atomic mass is 16.3. The summed E-state index contributed by atoms with van der Waals surface area (Å²) in [6, 6.07) is 0. The van der Waals surface area contributed by atoms with Crippen LogP contribution in [0.1, 0.15) is 40.0 Å². The average Bonchev–Trinajstić information content (AvgIpc) is 2.51. The molecule has 1 aliphatic heterocycles. The smallest absolute Gasteiger partial charge is 0.0631 e. The molecule has 17 heavy (non-hydrogen) atoms.